The summed E-state index contributed by atoms with van der Waals surface area (Å²) in [6.45, 7) is 9.83. The molecule has 5 heterocycles. The molecule has 7 rings (SSSR count). The first kappa shape index (κ1) is 35.3. The van der Waals surface area contributed by atoms with Crippen molar-refractivity contribution in [1.82, 2.24) is 15.6 Å². The molecule has 2 amide bonds. The van der Waals surface area contributed by atoms with Crippen LogP contribution in [0.5, 0.6) is 0 Å². The number of hydrogen-bond donors (Lipinski definition) is 4. The van der Waals surface area contributed by atoms with E-state index in [1.165, 1.54) is 0 Å². The highest BCUT2D eigenvalue weighted by atomic mass is 17.3. The number of carbonyl (C=O) groups excluding carboxylic acids is 3. The van der Waals surface area contributed by atoms with Crippen LogP contribution in [0.15, 0.2) is 30.5 Å². The van der Waals surface area contributed by atoms with Crippen molar-refractivity contribution in [3.05, 3.63) is 36.0 Å². The maximum absolute atomic E-state index is 13.3. The van der Waals surface area contributed by atoms with Crippen LogP contribution in [-0.2, 0) is 49.6 Å². The van der Waals surface area contributed by atoms with Crippen molar-refractivity contribution in [2.45, 2.75) is 122 Å². The third-order valence-corrected chi connectivity index (χ3v) is 11.0. The summed E-state index contributed by atoms with van der Waals surface area (Å²) in [6.07, 6.45) is 3.39. The Hall–Kier alpha value is -3.52. The number of benzene rings is 1. The molecule has 49 heavy (non-hydrogen) atoms. The first-order valence-electron chi connectivity index (χ1n) is 17.6. The zero-order valence-corrected chi connectivity index (χ0v) is 28.9. The molecule has 4 aliphatic heterocycles. The molecule has 13 nitrogen and oxygen atoms in total. The number of hydrogen-bond acceptors (Lipinski definition) is 9. The molecule has 268 valence electrons. The van der Waals surface area contributed by atoms with Crippen molar-refractivity contribution in [2.24, 2.45) is 29.6 Å². The topological polar surface area (TPSA) is 175 Å². The second-order valence-electron chi connectivity index (χ2n) is 15.0. The molecule has 1 spiro atoms. The van der Waals surface area contributed by atoms with E-state index >= 15 is 0 Å². The minimum atomic E-state index is -1.21. The van der Waals surface area contributed by atoms with Gasteiger partial charge in [-0.05, 0) is 62.0 Å². The number of rotatable bonds is 12. The Labute approximate surface area is 286 Å². The number of aromatic nitrogens is 1. The van der Waals surface area contributed by atoms with Crippen LogP contribution in [0.3, 0.4) is 0 Å². The minimum Gasteiger partial charge on any atom is -0.480 e. The largest absolute Gasteiger partial charge is 0.480 e. The fourth-order valence-electron chi connectivity index (χ4n) is 8.37. The van der Waals surface area contributed by atoms with E-state index in [9.17, 15) is 24.3 Å². The molecule has 0 unspecified atom stereocenters. The van der Waals surface area contributed by atoms with Crippen LogP contribution in [0.1, 0.15) is 85.1 Å². The first-order chi connectivity index (χ1) is 23.3. The van der Waals surface area contributed by atoms with Crippen LogP contribution in [0, 0.1) is 29.6 Å². The van der Waals surface area contributed by atoms with Crippen molar-refractivity contribution in [1.29, 1.82) is 0 Å². The lowest BCUT2D eigenvalue weighted by atomic mass is 9.58. The predicted molar refractivity (Wildman–Crippen MR) is 175 cm³/mol. The van der Waals surface area contributed by atoms with E-state index in [1.807, 2.05) is 52.0 Å². The first-order valence-corrected chi connectivity index (χ1v) is 17.6. The lowest BCUT2D eigenvalue weighted by Gasteiger charge is -2.59. The third-order valence-electron chi connectivity index (χ3n) is 11.0. The molecule has 2 aromatic rings. The van der Waals surface area contributed by atoms with E-state index in [4.69, 9.17) is 24.0 Å². The lowest BCUT2D eigenvalue weighted by Crippen LogP contribution is -2.70. The average Bonchev–Trinajstić information content (AvgIpc) is 3.32. The summed E-state index contributed by atoms with van der Waals surface area (Å²) in [5.74, 6) is -3.50. The number of carbonyl (C=O) groups is 4. The number of amides is 2. The fourth-order valence-corrected chi connectivity index (χ4v) is 8.37. The summed E-state index contributed by atoms with van der Waals surface area (Å²) in [7, 11) is 0. The van der Waals surface area contributed by atoms with Gasteiger partial charge in [0.05, 0.1) is 6.42 Å². The summed E-state index contributed by atoms with van der Waals surface area (Å²) in [5.41, 5.74) is 0.838. The van der Waals surface area contributed by atoms with Crippen molar-refractivity contribution >= 4 is 34.7 Å². The van der Waals surface area contributed by atoms with Gasteiger partial charge in [0.15, 0.2) is 11.9 Å². The summed E-state index contributed by atoms with van der Waals surface area (Å²) >= 11 is 0. The van der Waals surface area contributed by atoms with Crippen LogP contribution in [0.4, 0.5) is 0 Å². The molecule has 1 aliphatic carbocycles. The summed E-state index contributed by atoms with van der Waals surface area (Å²) < 4.78 is 18.5. The van der Waals surface area contributed by atoms with Gasteiger partial charge in [-0.25, -0.2) is 14.6 Å². The number of carboxylic acids is 1. The second-order valence-corrected chi connectivity index (χ2v) is 15.0. The molecule has 1 aromatic carbocycles. The summed E-state index contributed by atoms with van der Waals surface area (Å²) in [5, 5.41) is 16.1. The number of nitrogens with one attached hydrogen (secondary N) is 3. The minimum absolute atomic E-state index is 0.0166. The maximum atomic E-state index is 13.3. The molecule has 10 atom stereocenters. The van der Waals surface area contributed by atoms with Gasteiger partial charge in [0.25, 0.3) is 0 Å². The molecule has 13 heteroatoms. The van der Waals surface area contributed by atoms with Crippen LogP contribution in [0.2, 0.25) is 0 Å². The van der Waals surface area contributed by atoms with Crippen molar-refractivity contribution in [2.75, 3.05) is 0 Å². The summed E-state index contributed by atoms with van der Waals surface area (Å²) in [4.78, 5) is 66.7. The van der Waals surface area contributed by atoms with Crippen LogP contribution < -0.4 is 10.6 Å². The lowest BCUT2D eigenvalue weighted by molar-refractivity contribution is -0.576. The van der Waals surface area contributed by atoms with Gasteiger partial charge in [-0.2, -0.15) is 0 Å². The molecule has 5 aliphatic rings. The summed E-state index contributed by atoms with van der Waals surface area (Å²) in [6, 6.07) is 5.32. The number of para-hydroxylation sites is 1. The standard InChI is InChI=1S/C36H49N3O10/c1-19(2)16-27(31(42)39-28(32(43)44)17-22-18-37-26-9-7-6-8-23(22)26)38-29(40)12-13-30(41)45-33-21(4)25-11-10-20(3)24-14-15-35(5)47-34(46-33)36(24,25)49-48-35/h6-9,18-21,24-25,27-28,33-34,37H,10-17H2,1-5H3,(H,38,40)(H,39,42)(H,43,44)/t20-,21-,24+,25-,27+,28+,33-,34+,35-,36-/m1/s1. The van der Waals surface area contributed by atoms with Crippen molar-refractivity contribution < 1.29 is 48.3 Å². The molecule has 2 bridgehead atoms. The van der Waals surface area contributed by atoms with E-state index in [2.05, 4.69) is 22.5 Å². The number of carboxylic acid groups (broad SMARTS) is 1. The SMILES string of the molecule is CC(C)C[C@H](NC(=O)CCC(=O)O[C@@H]1O[C@H]2O[C@@]3(C)CC[C@H]4[C@H](C)CC[C@H]([C@H]1C)[C@@]24OO3)C(=O)N[C@@H](Cc1c[nH]c2ccccc12)C(=O)O. The van der Waals surface area contributed by atoms with E-state index in [0.717, 1.165) is 35.7 Å². The molecule has 4 N–H and O–H groups in total. The number of ether oxygens (including phenoxy) is 3. The van der Waals surface area contributed by atoms with Gasteiger partial charge in [-0.1, -0.05) is 45.9 Å². The average molecular weight is 684 g/mol. The second kappa shape index (κ2) is 14.0. The smallest absolute Gasteiger partial charge is 0.326 e. The van der Waals surface area contributed by atoms with Gasteiger partial charge in [-0.3, -0.25) is 14.4 Å². The van der Waals surface area contributed by atoms with Crippen molar-refractivity contribution in [3.63, 3.8) is 0 Å². The Morgan fingerprint density at radius 1 is 1.02 bits per heavy atom. The fraction of sp³-hybridized carbons (Fsp3) is 0.667. The van der Waals surface area contributed by atoms with Gasteiger partial charge in [0.1, 0.15) is 12.1 Å². The Morgan fingerprint density at radius 3 is 2.55 bits per heavy atom. The molecule has 0 radical (unpaired) electrons. The van der Waals surface area contributed by atoms with Gasteiger partial charge < -0.3 is 34.9 Å². The van der Waals surface area contributed by atoms with E-state index < -0.39 is 59.8 Å². The predicted octanol–water partition coefficient (Wildman–Crippen LogP) is 4.34. The molecular formula is C36H49N3O10. The number of esters is 1. The molecule has 1 saturated carbocycles. The van der Waals surface area contributed by atoms with E-state index in [-0.39, 0.29) is 49.4 Å². The highest BCUT2D eigenvalue weighted by molar-refractivity contribution is 5.91. The Kier molecular flexibility index (Phi) is 10.1. The maximum Gasteiger partial charge on any atom is 0.326 e. The number of H-pyrrole nitrogens is 1. The van der Waals surface area contributed by atoms with Crippen LogP contribution in [-0.4, -0.2) is 69.9 Å². The van der Waals surface area contributed by atoms with Gasteiger partial charge >= 0.3 is 11.9 Å². The van der Waals surface area contributed by atoms with E-state index in [0.29, 0.717) is 12.3 Å². The van der Waals surface area contributed by atoms with E-state index in [1.54, 1.807) is 6.20 Å². The van der Waals surface area contributed by atoms with Crippen LogP contribution in [0.25, 0.3) is 10.9 Å². The van der Waals surface area contributed by atoms with Crippen LogP contribution >= 0.6 is 0 Å². The van der Waals surface area contributed by atoms with Crippen molar-refractivity contribution in [3.8, 4) is 0 Å². The Bertz CT molecular complexity index is 1560. The highest BCUT2D eigenvalue weighted by Gasteiger charge is 2.69. The monoisotopic (exact) mass is 683 g/mol. The molecule has 5 fully saturated rings. The highest BCUT2D eigenvalue weighted by Crippen LogP contribution is 2.60. The quantitative estimate of drug-likeness (QED) is 0.186. The number of aromatic amines is 1. The normalized spacial score (nSPS) is 33.3. The molecule has 4 saturated heterocycles. The van der Waals surface area contributed by atoms with Gasteiger partial charge in [0.2, 0.25) is 23.9 Å². The number of aliphatic carboxylic acids is 1. The Morgan fingerprint density at radius 2 is 1.80 bits per heavy atom. The van der Waals surface area contributed by atoms with Gasteiger partial charge in [-0.15, -0.1) is 0 Å². The number of fused-ring (bicyclic) bond motifs is 3. The zero-order chi connectivity index (χ0) is 35.1. The third kappa shape index (κ3) is 7.08. The molecular weight excluding hydrogens is 634 g/mol. The molecule has 1 aromatic heterocycles. The zero-order valence-electron chi connectivity index (χ0n) is 28.9. The van der Waals surface area contributed by atoms with Gasteiger partial charge in [0, 0.05) is 48.2 Å². The Balaban J connectivity index is 1.05.